The fourth-order valence-corrected chi connectivity index (χ4v) is 3.30. The summed E-state index contributed by atoms with van der Waals surface area (Å²) in [7, 11) is 0. The third-order valence-electron chi connectivity index (χ3n) is 4.31. The van der Waals surface area contributed by atoms with E-state index >= 15 is 0 Å². The lowest BCUT2D eigenvalue weighted by Crippen LogP contribution is -2.15. The number of hydrogen-bond donors (Lipinski definition) is 2. The maximum atomic E-state index is 13.0. The first-order valence-electron chi connectivity index (χ1n) is 7.68. The lowest BCUT2D eigenvalue weighted by Gasteiger charge is -2.09. The van der Waals surface area contributed by atoms with Gasteiger partial charge in [-0.05, 0) is 55.8 Å². The minimum atomic E-state index is -0.999. The molecule has 0 fully saturated rings. The van der Waals surface area contributed by atoms with Gasteiger partial charge in [-0.1, -0.05) is 17.7 Å². The molecule has 0 spiro atoms. The number of benzene rings is 2. The van der Waals surface area contributed by atoms with E-state index in [-0.39, 0.29) is 11.7 Å². The van der Waals surface area contributed by atoms with Crippen molar-refractivity contribution in [2.45, 2.75) is 19.8 Å². The Bertz CT molecular complexity index is 1010. The zero-order valence-electron chi connectivity index (χ0n) is 13.7. The number of halogens is 1. The number of carboxylic acids is 1. The molecule has 2 N–H and O–H groups in total. The van der Waals surface area contributed by atoms with Crippen LogP contribution in [0.3, 0.4) is 0 Å². The Morgan fingerprint density at radius 2 is 1.88 bits per heavy atom. The highest BCUT2D eigenvalue weighted by Crippen LogP contribution is 2.34. The van der Waals surface area contributed by atoms with E-state index in [0.717, 1.165) is 0 Å². The Hall–Kier alpha value is -2.79. The van der Waals surface area contributed by atoms with Crippen molar-refractivity contribution >= 4 is 34.4 Å². The number of rotatable bonds is 3. The molecule has 0 bridgehead atoms. The van der Waals surface area contributed by atoms with Gasteiger partial charge in [-0.3, -0.25) is 14.2 Å². The van der Waals surface area contributed by atoms with Gasteiger partial charge in [0.05, 0.1) is 11.4 Å². The normalized spacial score (nSPS) is 12.3. The number of aliphatic carboxylic acids is 1. The van der Waals surface area contributed by atoms with Crippen LogP contribution in [0.15, 0.2) is 42.5 Å². The number of carbonyl (C=O) groups excluding carboxylic acids is 1. The number of aromatic nitrogens is 1. The van der Waals surface area contributed by atoms with Gasteiger partial charge >= 0.3 is 5.97 Å². The Morgan fingerprint density at radius 3 is 2.52 bits per heavy atom. The van der Waals surface area contributed by atoms with Gasteiger partial charge in [-0.25, -0.2) is 0 Å². The number of carbonyl (C=O) groups is 2. The molecule has 0 radical (unpaired) electrons. The molecule has 3 aromatic rings. The number of fused-ring (bicyclic) bond motifs is 1. The smallest absolute Gasteiger partial charge is 0.310 e. The van der Waals surface area contributed by atoms with Gasteiger partial charge in [0.15, 0.2) is 0 Å². The summed E-state index contributed by atoms with van der Waals surface area (Å²) < 4.78 is 1.47. The molecule has 0 aliphatic rings. The van der Waals surface area contributed by atoms with Crippen LogP contribution in [-0.2, 0) is 4.79 Å². The Balaban J connectivity index is 2.30. The van der Waals surface area contributed by atoms with Crippen LogP contribution < -0.4 is 0 Å². The largest absolute Gasteiger partial charge is 0.508 e. The first kappa shape index (κ1) is 17.0. The van der Waals surface area contributed by atoms with Gasteiger partial charge in [0.1, 0.15) is 5.75 Å². The van der Waals surface area contributed by atoms with E-state index in [0.29, 0.717) is 32.7 Å². The number of aromatic hydroxyl groups is 1. The second-order valence-electron chi connectivity index (χ2n) is 5.91. The van der Waals surface area contributed by atoms with E-state index in [4.69, 9.17) is 11.6 Å². The third kappa shape index (κ3) is 2.87. The second kappa shape index (κ2) is 6.26. The zero-order valence-corrected chi connectivity index (χ0v) is 14.4. The highest BCUT2D eigenvalue weighted by Gasteiger charge is 2.26. The molecule has 1 atom stereocenters. The quantitative estimate of drug-likeness (QED) is 0.736. The summed E-state index contributed by atoms with van der Waals surface area (Å²) in [6.45, 7) is 3.26. The Labute approximate surface area is 149 Å². The highest BCUT2D eigenvalue weighted by molar-refractivity contribution is 6.31. The van der Waals surface area contributed by atoms with Crippen molar-refractivity contribution in [1.29, 1.82) is 0 Å². The molecular formula is C19H16ClNO4. The molecule has 2 aromatic carbocycles. The predicted molar refractivity (Wildman–Crippen MR) is 95.6 cm³/mol. The summed E-state index contributed by atoms with van der Waals surface area (Å²) in [5, 5.41) is 20.2. The molecular weight excluding hydrogens is 342 g/mol. The number of phenolic OH excluding ortho intramolecular Hbond substituents is 1. The first-order valence-corrected chi connectivity index (χ1v) is 8.06. The van der Waals surface area contributed by atoms with E-state index in [1.54, 1.807) is 44.2 Å². The van der Waals surface area contributed by atoms with Crippen molar-refractivity contribution < 1.29 is 19.8 Å². The van der Waals surface area contributed by atoms with Crippen LogP contribution in [0, 0.1) is 6.92 Å². The lowest BCUT2D eigenvalue weighted by molar-refractivity contribution is -0.138. The molecule has 0 saturated heterocycles. The van der Waals surface area contributed by atoms with E-state index in [1.807, 2.05) is 0 Å². The number of carboxylic acid groups (broad SMARTS) is 1. The first-order chi connectivity index (χ1) is 11.8. The minimum Gasteiger partial charge on any atom is -0.508 e. The van der Waals surface area contributed by atoms with Crippen molar-refractivity contribution in [3.8, 4) is 5.75 Å². The van der Waals surface area contributed by atoms with E-state index in [2.05, 4.69) is 0 Å². The topological polar surface area (TPSA) is 79.5 Å². The molecule has 0 amide bonds. The second-order valence-corrected chi connectivity index (χ2v) is 6.35. The van der Waals surface area contributed by atoms with Crippen LogP contribution in [0.25, 0.3) is 10.9 Å². The maximum Gasteiger partial charge on any atom is 0.310 e. The third-order valence-corrected chi connectivity index (χ3v) is 4.55. The molecule has 0 aliphatic carbocycles. The van der Waals surface area contributed by atoms with Crippen molar-refractivity contribution in [3.05, 3.63) is 64.3 Å². The molecule has 0 unspecified atom stereocenters. The van der Waals surface area contributed by atoms with Crippen molar-refractivity contribution in [3.63, 3.8) is 0 Å². The maximum absolute atomic E-state index is 13.0. The molecule has 5 nitrogen and oxygen atoms in total. The highest BCUT2D eigenvalue weighted by atomic mass is 35.5. The summed E-state index contributed by atoms with van der Waals surface area (Å²) >= 11 is 5.98. The fourth-order valence-electron chi connectivity index (χ4n) is 3.11. The summed E-state index contributed by atoms with van der Waals surface area (Å²) in [6, 6.07) is 11.1. The van der Waals surface area contributed by atoms with Gasteiger partial charge in [0, 0.05) is 21.7 Å². The number of hydrogen-bond acceptors (Lipinski definition) is 3. The number of phenols is 1. The minimum absolute atomic E-state index is 0.0127. The van der Waals surface area contributed by atoms with Crippen LogP contribution in [0.5, 0.6) is 5.75 Å². The molecule has 6 heteroatoms. The standard InChI is InChI=1S/C19H16ClNO4/c1-10(19(24)25)17-11(2)21(16-7-6-14(22)9-15(16)17)18(23)12-4-3-5-13(20)8-12/h3-10,22H,1-2H3,(H,24,25)/t10-/m1/s1. The van der Waals surface area contributed by atoms with Crippen molar-refractivity contribution in [2.75, 3.05) is 0 Å². The molecule has 0 aliphatic heterocycles. The summed E-state index contributed by atoms with van der Waals surface area (Å²) in [5.74, 6) is -2.11. The lowest BCUT2D eigenvalue weighted by atomic mass is 9.98. The molecule has 1 heterocycles. The summed E-state index contributed by atoms with van der Waals surface area (Å²) in [6.07, 6.45) is 0. The summed E-state index contributed by atoms with van der Waals surface area (Å²) in [5.41, 5.74) is 1.98. The molecule has 3 rings (SSSR count). The Morgan fingerprint density at radius 1 is 1.16 bits per heavy atom. The predicted octanol–water partition coefficient (Wildman–Crippen LogP) is 4.19. The summed E-state index contributed by atoms with van der Waals surface area (Å²) in [4.78, 5) is 24.5. The average molecular weight is 358 g/mol. The Kier molecular flexibility index (Phi) is 4.27. The van der Waals surface area contributed by atoms with Crippen LogP contribution in [0.1, 0.15) is 34.5 Å². The monoisotopic (exact) mass is 357 g/mol. The van der Waals surface area contributed by atoms with E-state index < -0.39 is 11.9 Å². The molecule has 1 aromatic heterocycles. The van der Waals surface area contributed by atoms with Gasteiger partial charge in [-0.15, -0.1) is 0 Å². The van der Waals surface area contributed by atoms with Gasteiger partial charge in [0.2, 0.25) is 0 Å². The molecule has 128 valence electrons. The van der Waals surface area contributed by atoms with Gasteiger partial charge < -0.3 is 10.2 Å². The SMILES string of the molecule is Cc1c([C@@H](C)C(=O)O)c2cc(O)ccc2n1C(=O)c1cccc(Cl)c1. The zero-order chi connectivity index (χ0) is 18.3. The fraction of sp³-hybridized carbons (Fsp3) is 0.158. The molecule has 0 saturated carbocycles. The van der Waals surface area contributed by atoms with Crippen molar-refractivity contribution in [2.24, 2.45) is 0 Å². The van der Waals surface area contributed by atoms with Crippen LogP contribution in [0.2, 0.25) is 5.02 Å². The van der Waals surface area contributed by atoms with Crippen LogP contribution in [-0.4, -0.2) is 26.7 Å². The number of nitrogens with zero attached hydrogens (tertiary/aromatic N) is 1. The molecule has 25 heavy (non-hydrogen) atoms. The average Bonchev–Trinajstić information content (AvgIpc) is 2.84. The van der Waals surface area contributed by atoms with Crippen molar-refractivity contribution in [1.82, 2.24) is 4.57 Å². The van der Waals surface area contributed by atoms with E-state index in [1.165, 1.54) is 16.7 Å². The van der Waals surface area contributed by atoms with Crippen LogP contribution >= 0.6 is 11.6 Å². The van der Waals surface area contributed by atoms with Gasteiger partial charge in [-0.2, -0.15) is 0 Å². The van der Waals surface area contributed by atoms with Crippen LogP contribution in [0.4, 0.5) is 0 Å². The van der Waals surface area contributed by atoms with Gasteiger partial charge in [0.25, 0.3) is 5.91 Å². The van der Waals surface area contributed by atoms with E-state index in [9.17, 15) is 19.8 Å².